The molecular weight excluding hydrogens is 344 g/mol. The van der Waals surface area contributed by atoms with Crippen LogP contribution in [0.4, 0.5) is 5.69 Å². The van der Waals surface area contributed by atoms with Crippen molar-refractivity contribution in [2.24, 2.45) is 0 Å². The van der Waals surface area contributed by atoms with Crippen molar-refractivity contribution in [2.75, 3.05) is 58.1 Å². The molecule has 6 heteroatoms. The predicted octanol–water partition coefficient (Wildman–Crippen LogP) is 3.02. The number of methoxy groups -OCH3 is 1. The van der Waals surface area contributed by atoms with Gasteiger partial charge in [-0.15, -0.1) is 0 Å². The number of nitrogens with zero attached hydrogens (tertiary/aromatic N) is 2. The first-order valence-electron chi connectivity index (χ1n) is 9.45. The van der Waals surface area contributed by atoms with Gasteiger partial charge in [0.25, 0.3) is 0 Å². The Morgan fingerprint density at radius 3 is 2.41 bits per heavy atom. The summed E-state index contributed by atoms with van der Waals surface area (Å²) in [5.41, 5.74) is 1.27. The minimum absolute atomic E-state index is 0.293. The van der Waals surface area contributed by atoms with Gasteiger partial charge >= 0.3 is 0 Å². The fraction of sp³-hybridized carbons (Fsp3) is 0.429. The molecule has 0 N–H and O–H groups in total. The van der Waals surface area contributed by atoms with Gasteiger partial charge in [-0.1, -0.05) is 0 Å². The topological polar surface area (TPSA) is 43.4 Å². The SMILES string of the molecule is COc1ccc(N2CCN(CCCOc3ccc4c(c3)OCO4)CC2)cc1. The molecule has 0 saturated carbocycles. The molecule has 0 atom stereocenters. The third-order valence-electron chi connectivity index (χ3n) is 5.04. The maximum atomic E-state index is 5.85. The van der Waals surface area contributed by atoms with E-state index in [0.717, 1.165) is 62.1 Å². The fourth-order valence-corrected chi connectivity index (χ4v) is 3.47. The highest BCUT2D eigenvalue weighted by molar-refractivity contribution is 5.49. The zero-order chi connectivity index (χ0) is 18.5. The summed E-state index contributed by atoms with van der Waals surface area (Å²) in [5.74, 6) is 3.29. The number of rotatable bonds is 7. The van der Waals surface area contributed by atoms with E-state index in [1.165, 1.54) is 5.69 Å². The van der Waals surface area contributed by atoms with Crippen LogP contribution in [0.3, 0.4) is 0 Å². The van der Waals surface area contributed by atoms with Crippen LogP contribution >= 0.6 is 0 Å². The Hall–Kier alpha value is -2.60. The summed E-state index contributed by atoms with van der Waals surface area (Å²) in [7, 11) is 1.70. The Bertz CT molecular complexity index is 742. The van der Waals surface area contributed by atoms with Crippen LogP contribution in [0.25, 0.3) is 0 Å². The quantitative estimate of drug-likeness (QED) is 0.698. The number of anilines is 1. The molecule has 4 rings (SSSR count). The molecule has 0 unspecified atom stereocenters. The van der Waals surface area contributed by atoms with Crippen molar-refractivity contribution >= 4 is 5.69 Å². The van der Waals surface area contributed by atoms with Gasteiger partial charge in [-0.05, 0) is 42.8 Å². The van der Waals surface area contributed by atoms with Gasteiger partial charge in [0.05, 0.1) is 13.7 Å². The van der Waals surface area contributed by atoms with Crippen LogP contribution in [-0.4, -0.2) is 58.1 Å². The monoisotopic (exact) mass is 370 g/mol. The molecule has 1 fully saturated rings. The highest BCUT2D eigenvalue weighted by Gasteiger charge is 2.17. The molecule has 2 aliphatic rings. The highest BCUT2D eigenvalue weighted by atomic mass is 16.7. The Labute approximate surface area is 160 Å². The largest absolute Gasteiger partial charge is 0.497 e. The Kier molecular flexibility index (Phi) is 5.53. The van der Waals surface area contributed by atoms with Crippen molar-refractivity contribution < 1.29 is 18.9 Å². The summed E-state index contributed by atoms with van der Waals surface area (Å²) in [6, 6.07) is 14.0. The van der Waals surface area contributed by atoms with Crippen molar-refractivity contribution in [3.63, 3.8) is 0 Å². The lowest BCUT2D eigenvalue weighted by atomic mass is 10.2. The van der Waals surface area contributed by atoms with E-state index >= 15 is 0 Å². The molecule has 0 aliphatic carbocycles. The van der Waals surface area contributed by atoms with Gasteiger partial charge < -0.3 is 23.8 Å². The lowest BCUT2D eigenvalue weighted by Gasteiger charge is -2.36. The summed E-state index contributed by atoms with van der Waals surface area (Å²) < 4.78 is 21.8. The maximum Gasteiger partial charge on any atom is 0.231 e. The highest BCUT2D eigenvalue weighted by Crippen LogP contribution is 2.35. The third-order valence-corrected chi connectivity index (χ3v) is 5.04. The first-order valence-corrected chi connectivity index (χ1v) is 9.45. The van der Waals surface area contributed by atoms with Crippen LogP contribution in [0.1, 0.15) is 6.42 Å². The van der Waals surface area contributed by atoms with E-state index in [9.17, 15) is 0 Å². The standard InChI is InChI=1S/C21H26N2O4/c1-24-18-5-3-17(4-6-18)23-12-10-22(11-13-23)9-2-14-25-19-7-8-20-21(15-19)27-16-26-20/h3-8,15H,2,9-14,16H2,1H3. The predicted molar refractivity (Wildman–Crippen MR) is 104 cm³/mol. The second kappa shape index (κ2) is 8.39. The van der Waals surface area contributed by atoms with Gasteiger partial charge in [-0.25, -0.2) is 0 Å². The molecule has 2 heterocycles. The van der Waals surface area contributed by atoms with E-state index < -0.39 is 0 Å². The van der Waals surface area contributed by atoms with Crippen LogP contribution in [0.15, 0.2) is 42.5 Å². The van der Waals surface area contributed by atoms with E-state index in [4.69, 9.17) is 18.9 Å². The molecule has 0 bridgehead atoms. The molecule has 0 aromatic heterocycles. The van der Waals surface area contributed by atoms with Crippen LogP contribution in [-0.2, 0) is 0 Å². The van der Waals surface area contributed by atoms with E-state index in [2.05, 4.69) is 21.9 Å². The lowest BCUT2D eigenvalue weighted by molar-refractivity contribution is 0.173. The molecule has 2 aromatic rings. The van der Waals surface area contributed by atoms with Crippen LogP contribution in [0, 0.1) is 0 Å². The zero-order valence-corrected chi connectivity index (χ0v) is 15.7. The minimum atomic E-state index is 0.293. The maximum absolute atomic E-state index is 5.85. The average Bonchev–Trinajstić information content (AvgIpc) is 3.20. The second-order valence-corrected chi connectivity index (χ2v) is 6.74. The lowest BCUT2D eigenvalue weighted by Crippen LogP contribution is -2.46. The van der Waals surface area contributed by atoms with Gasteiger partial charge in [0, 0.05) is 44.5 Å². The molecule has 2 aromatic carbocycles. The number of ether oxygens (including phenoxy) is 4. The zero-order valence-electron chi connectivity index (χ0n) is 15.7. The van der Waals surface area contributed by atoms with Gasteiger partial charge in [0.2, 0.25) is 6.79 Å². The second-order valence-electron chi connectivity index (χ2n) is 6.74. The first-order chi connectivity index (χ1) is 13.3. The van der Waals surface area contributed by atoms with Crippen molar-refractivity contribution in [3.05, 3.63) is 42.5 Å². The van der Waals surface area contributed by atoms with Gasteiger partial charge in [-0.2, -0.15) is 0 Å². The molecule has 27 heavy (non-hydrogen) atoms. The van der Waals surface area contributed by atoms with Crippen molar-refractivity contribution in [1.29, 1.82) is 0 Å². The summed E-state index contributed by atoms with van der Waals surface area (Å²) in [4.78, 5) is 4.93. The van der Waals surface area contributed by atoms with E-state index in [-0.39, 0.29) is 0 Å². The van der Waals surface area contributed by atoms with E-state index in [0.29, 0.717) is 13.4 Å². The molecule has 144 valence electrons. The Morgan fingerprint density at radius 2 is 1.63 bits per heavy atom. The van der Waals surface area contributed by atoms with Gasteiger partial charge in [0.15, 0.2) is 11.5 Å². The molecular formula is C21H26N2O4. The smallest absolute Gasteiger partial charge is 0.231 e. The molecule has 0 amide bonds. The van der Waals surface area contributed by atoms with Crippen molar-refractivity contribution in [3.8, 4) is 23.0 Å². The third kappa shape index (κ3) is 4.39. The van der Waals surface area contributed by atoms with Crippen molar-refractivity contribution in [2.45, 2.75) is 6.42 Å². The first kappa shape index (κ1) is 17.8. The minimum Gasteiger partial charge on any atom is -0.497 e. The van der Waals surface area contributed by atoms with Crippen LogP contribution in [0.5, 0.6) is 23.0 Å². The van der Waals surface area contributed by atoms with Crippen molar-refractivity contribution in [1.82, 2.24) is 4.90 Å². The number of piperazine rings is 1. The van der Waals surface area contributed by atoms with Crippen LogP contribution in [0.2, 0.25) is 0 Å². The van der Waals surface area contributed by atoms with E-state index in [1.807, 2.05) is 30.3 Å². The number of hydrogen-bond acceptors (Lipinski definition) is 6. The van der Waals surface area contributed by atoms with Crippen LogP contribution < -0.4 is 23.8 Å². The Balaban J connectivity index is 1.16. The van der Waals surface area contributed by atoms with Gasteiger partial charge in [0.1, 0.15) is 11.5 Å². The summed E-state index contributed by atoms with van der Waals surface area (Å²) in [5, 5.41) is 0. The molecule has 1 saturated heterocycles. The number of fused-ring (bicyclic) bond motifs is 1. The molecule has 6 nitrogen and oxygen atoms in total. The normalized spacial score (nSPS) is 16.4. The summed E-state index contributed by atoms with van der Waals surface area (Å²) in [6.45, 7) is 6.32. The number of hydrogen-bond donors (Lipinski definition) is 0. The van der Waals surface area contributed by atoms with E-state index in [1.54, 1.807) is 7.11 Å². The Morgan fingerprint density at radius 1 is 0.889 bits per heavy atom. The molecule has 0 spiro atoms. The average molecular weight is 370 g/mol. The van der Waals surface area contributed by atoms with Gasteiger partial charge in [-0.3, -0.25) is 4.90 Å². The molecule has 0 radical (unpaired) electrons. The summed E-state index contributed by atoms with van der Waals surface area (Å²) in [6.07, 6.45) is 1.01. The summed E-state index contributed by atoms with van der Waals surface area (Å²) >= 11 is 0. The fourth-order valence-electron chi connectivity index (χ4n) is 3.47. The molecule has 2 aliphatic heterocycles. The number of benzene rings is 2.